The molecule has 3 heteroatoms. The molecule has 0 aliphatic heterocycles. The molecule has 84 valence electrons. The van der Waals surface area contributed by atoms with Gasteiger partial charge >= 0.3 is 0 Å². The van der Waals surface area contributed by atoms with Gasteiger partial charge in [-0.1, -0.05) is 26.0 Å². The van der Waals surface area contributed by atoms with Crippen LogP contribution in [0.2, 0.25) is 0 Å². The Balaban J connectivity index is 3.13. The summed E-state index contributed by atoms with van der Waals surface area (Å²) in [7, 11) is 1.61. The van der Waals surface area contributed by atoms with Crippen molar-refractivity contribution in [1.82, 2.24) is 0 Å². The lowest BCUT2D eigenvalue weighted by atomic mass is 9.97. The maximum Gasteiger partial charge on any atom is 0.123 e. The molecule has 0 aliphatic rings. The average Bonchev–Trinajstić information content (AvgIpc) is 2.27. The van der Waals surface area contributed by atoms with E-state index >= 15 is 0 Å². The maximum atomic E-state index is 9.06. The number of aliphatic hydroxyl groups is 1. The molecule has 0 saturated carbocycles. The van der Waals surface area contributed by atoms with Gasteiger partial charge in [-0.2, -0.15) is 0 Å². The van der Waals surface area contributed by atoms with E-state index in [1.807, 2.05) is 18.2 Å². The molecule has 0 aliphatic carbocycles. The Morgan fingerprint density at radius 2 is 2.07 bits per heavy atom. The topological polar surface area (TPSA) is 55.5 Å². The molecule has 1 aromatic carbocycles. The highest BCUT2D eigenvalue weighted by Crippen LogP contribution is 2.27. The van der Waals surface area contributed by atoms with Crippen molar-refractivity contribution in [3.63, 3.8) is 0 Å². The third-order valence-electron chi connectivity index (χ3n) is 2.52. The first-order valence-corrected chi connectivity index (χ1v) is 5.14. The summed E-state index contributed by atoms with van der Waals surface area (Å²) in [5.41, 5.74) is 7.88. The maximum absolute atomic E-state index is 9.06. The van der Waals surface area contributed by atoms with Crippen LogP contribution in [0.4, 0.5) is 0 Å². The Kier molecular flexibility index (Phi) is 4.12. The minimum atomic E-state index is -0.376. The van der Waals surface area contributed by atoms with E-state index < -0.39 is 0 Å². The number of hydrogen-bond acceptors (Lipinski definition) is 3. The normalized spacial score (nSPS) is 12.9. The van der Waals surface area contributed by atoms with Crippen molar-refractivity contribution in [3.05, 3.63) is 29.3 Å². The third kappa shape index (κ3) is 2.70. The molecule has 1 aromatic rings. The van der Waals surface area contributed by atoms with Crippen LogP contribution in [0.3, 0.4) is 0 Å². The molecule has 0 spiro atoms. The summed E-state index contributed by atoms with van der Waals surface area (Å²) in [6.07, 6.45) is 0. The fourth-order valence-electron chi connectivity index (χ4n) is 1.50. The molecule has 0 saturated heterocycles. The van der Waals surface area contributed by atoms with Crippen LogP contribution < -0.4 is 10.5 Å². The molecular formula is C12H19NO2. The third-order valence-corrected chi connectivity index (χ3v) is 2.52. The number of methoxy groups -OCH3 is 1. The van der Waals surface area contributed by atoms with Crippen LogP contribution in [0.1, 0.15) is 36.9 Å². The van der Waals surface area contributed by atoms with E-state index in [0.717, 1.165) is 11.3 Å². The van der Waals surface area contributed by atoms with E-state index in [1.165, 1.54) is 5.56 Å². The summed E-state index contributed by atoms with van der Waals surface area (Å²) in [6.45, 7) is 4.17. The fourth-order valence-corrected chi connectivity index (χ4v) is 1.50. The second kappa shape index (κ2) is 5.14. The Labute approximate surface area is 90.9 Å². The van der Waals surface area contributed by atoms with Gasteiger partial charge in [0.25, 0.3) is 0 Å². The molecule has 0 amide bonds. The molecular weight excluding hydrogens is 190 g/mol. The second-order valence-electron chi connectivity index (χ2n) is 3.95. The number of benzene rings is 1. The summed E-state index contributed by atoms with van der Waals surface area (Å²) < 4.78 is 5.21. The first kappa shape index (κ1) is 12.0. The number of nitrogens with two attached hydrogens (primary N) is 1. The van der Waals surface area contributed by atoms with Crippen molar-refractivity contribution >= 4 is 0 Å². The molecule has 0 bridgehead atoms. The molecule has 0 unspecified atom stereocenters. The minimum absolute atomic E-state index is 0.0715. The SMILES string of the molecule is COc1ccc(C(C)C)cc1[C@H](N)CO. The van der Waals surface area contributed by atoms with Crippen molar-refractivity contribution in [2.75, 3.05) is 13.7 Å². The zero-order valence-electron chi connectivity index (χ0n) is 9.53. The second-order valence-corrected chi connectivity index (χ2v) is 3.95. The molecule has 1 atom stereocenters. The van der Waals surface area contributed by atoms with E-state index in [0.29, 0.717) is 5.92 Å². The van der Waals surface area contributed by atoms with Crippen molar-refractivity contribution in [3.8, 4) is 5.75 Å². The smallest absolute Gasteiger partial charge is 0.123 e. The quantitative estimate of drug-likeness (QED) is 0.795. The highest BCUT2D eigenvalue weighted by Gasteiger charge is 2.12. The van der Waals surface area contributed by atoms with E-state index in [-0.39, 0.29) is 12.6 Å². The van der Waals surface area contributed by atoms with Gasteiger partial charge in [0.2, 0.25) is 0 Å². The van der Waals surface area contributed by atoms with Crippen LogP contribution in [0.15, 0.2) is 18.2 Å². The highest BCUT2D eigenvalue weighted by molar-refractivity contribution is 5.40. The summed E-state index contributed by atoms with van der Waals surface area (Å²) in [5.74, 6) is 1.18. The first-order valence-electron chi connectivity index (χ1n) is 5.14. The van der Waals surface area contributed by atoms with Gasteiger partial charge in [-0.05, 0) is 17.5 Å². The lowest BCUT2D eigenvalue weighted by Crippen LogP contribution is -2.16. The Morgan fingerprint density at radius 3 is 2.53 bits per heavy atom. The van der Waals surface area contributed by atoms with Crippen molar-refractivity contribution in [2.24, 2.45) is 5.73 Å². The zero-order chi connectivity index (χ0) is 11.4. The molecule has 0 fully saturated rings. The van der Waals surface area contributed by atoms with Crippen LogP contribution in [-0.2, 0) is 0 Å². The van der Waals surface area contributed by atoms with Gasteiger partial charge in [-0.25, -0.2) is 0 Å². The Hall–Kier alpha value is -1.06. The summed E-state index contributed by atoms with van der Waals surface area (Å²) >= 11 is 0. The van der Waals surface area contributed by atoms with Crippen molar-refractivity contribution < 1.29 is 9.84 Å². The summed E-state index contributed by atoms with van der Waals surface area (Å²) in [6, 6.07) is 5.56. The largest absolute Gasteiger partial charge is 0.496 e. The minimum Gasteiger partial charge on any atom is -0.496 e. The van der Waals surface area contributed by atoms with Gasteiger partial charge in [-0.15, -0.1) is 0 Å². The van der Waals surface area contributed by atoms with Crippen LogP contribution >= 0.6 is 0 Å². The number of ether oxygens (including phenoxy) is 1. The van der Waals surface area contributed by atoms with Crippen LogP contribution in [0.25, 0.3) is 0 Å². The average molecular weight is 209 g/mol. The molecule has 0 radical (unpaired) electrons. The standard InChI is InChI=1S/C12H19NO2/c1-8(2)9-4-5-12(15-3)10(6-9)11(13)7-14/h4-6,8,11,14H,7,13H2,1-3H3/t11-/m1/s1. The summed E-state index contributed by atoms with van der Waals surface area (Å²) in [4.78, 5) is 0. The van der Waals surface area contributed by atoms with E-state index in [4.69, 9.17) is 15.6 Å². The molecule has 0 heterocycles. The number of hydrogen-bond donors (Lipinski definition) is 2. The number of aliphatic hydroxyl groups excluding tert-OH is 1. The van der Waals surface area contributed by atoms with Gasteiger partial charge in [0.05, 0.1) is 19.8 Å². The van der Waals surface area contributed by atoms with Gasteiger partial charge in [0.1, 0.15) is 5.75 Å². The Morgan fingerprint density at radius 1 is 1.40 bits per heavy atom. The number of rotatable bonds is 4. The van der Waals surface area contributed by atoms with Crippen molar-refractivity contribution in [2.45, 2.75) is 25.8 Å². The van der Waals surface area contributed by atoms with E-state index in [2.05, 4.69) is 13.8 Å². The molecule has 15 heavy (non-hydrogen) atoms. The van der Waals surface area contributed by atoms with Gasteiger partial charge in [-0.3, -0.25) is 0 Å². The molecule has 1 rings (SSSR count). The predicted molar refractivity (Wildman–Crippen MR) is 61.1 cm³/mol. The lowest BCUT2D eigenvalue weighted by molar-refractivity contribution is 0.264. The van der Waals surface area contributed by atoms with Crippen molar-refractivity contribution in [1.29, 1.82) is 0 Å². The lowest BCUT2D eigenvalue weighted by Gasteiger charge is -2.16. The Bertz CT molecular complexity index is 323. The van der Waals surface area contributed by atoms with Crippen LogP contribution in [0, 0.1) is 0 Å². The fraction of sp³-hybridized carbons (Fsp3) is 0.500. The van der Waals surface area contributed by atoms with Crippen LogP contribution in [-0.4, -0.2) is 18.8 Å². The van der Waals surface area contributed by atoms with Gasteiger partial charge < -0.3 is 15.6 Å². The van der Waals surface area contributed by atoms with Gasteiger partial charge in [0, 0.05) is 5.56 Å². The van der Waals surface area contributed by atoms with Gasteiger partial charge in [0.15, 0.2) is 0 Å². The van der Waals surface area contributed by atoms with E-state index in [1.54, 1.807) is 7.11 Å². The highest BCUT2D eigenvalue weighted by atomic mass is 16.5. The predicted octanol–water partition coefficient (Wildman–Crippen LogP) is 1.81. The molecule has 3 N–H and O–H groups in total. The zero-order valence-corrected chi connectivity index (χ0v) is 9.53. The first-order chi connectivity index (χ1) is 7.10. The van der Waals surface area contributed by atoms with Crippen LogP contribution in [0.5, 0.6) is 5.75 Å². The molecule has 3 nitrogen and oxygen atoms in total. The molecule has 0 aromatic heterocycles. The van der Waals surface area contributed by atoms with E-state index in [9.17, 15) is 0 Å². The summed E-state index contributed by atoms with van der Waals surface area (Å²) in [5, 5.41) is 9.06. The monoisotopic (exact) mass is 209 g/mol.